The van der Waals surface area contributed by atoms with E-state index in [4.69, 9.17) is 0 Å². The van der Waals surface area contributed by atoms with Gasteiger partial charge in [-0.25, -0.2) is 0 Å². The van der Waals surface area contributed by atoms with E-state index in [1.165, 1.54) is 11.1 Å². The van der Waals surface area contributed by atoms with E-state index >= 15 is 0 Å². The van der Waals surface area contributed by atoms with Gasteiger partial charge in [0, 0.05) is 18.0 Å². The average Bonchev–Trinajstić information content (AvgIpc) is 2.86. The first kappa shape index (κ1) is 22.2. The van der Waals surface area contributed by atoms with E-state index in [1.54, 1.807) is 6.20 Å². The summed E-state index contributed by atoms with van der Waals surface area (Å²) in [6.07, 6.45) is 11.2. The van der Waals surface area contributed by atoms with E-state index in [9.17, 15) is 4.79 Å². The highest BCUT2D eigenvalue weighted by Crippen LogP contribution is 2.22. The number of rotatable bonds is 9. The normalized spacial score (nSPS) is 11.7. The Balaban J connectivity index is 1.40. The Morgan fingerprint density at radius 3 is 2.36 bits per heavy atom. The van der Waals surface area contributed by atoms with Gasteiger partial charge in [-0.05, 0) is 42.5 Å². The number of para-hydroxylation sites is 1. The van der Waals surface area contributed by atoms with Crippen LogP contribution in [0.2, 0.25) is 0 Å². The highest BCUT2D eigenvalue weighted by Gasteiger charge is 2.08. The largest absolute Gasteiger partial charge is 0.324 e. The summed E-state index contributed by atoms with van der Waals surface area (Å²) in [5, 5.41) is 4.06. The maximum Gasteiger partial charge on any atom is 0.224 e. The van der Waals surface area contributed by atoms with Crippen LogP contribution in [0.5, 0.6) is 0 Å². The monoisotopic (exact) mass is 432 g/mol. The molecule has 0 atom stereocenters. The van der Waals surface area contributed by atoms with Gasteiger partial charge in [0.15, 0.2) is 0 Å². The zero-order chi connectivity index (χ0) is 22.7. The molecule has 3 nitrogen and oxygen atoms in total. The van der Waals surface area contributed by atoms with E-state index < -0.39 is 0 Å². The molecule has 1 N–H and O–H groups in total. The molecule has 0 fully saturated rings. The molecule has 1 heterocycles. The summed E-state index contributed by atoms with van der Waals surface area (Å²) in [6, 6.07) is 30.5. The minimum absolute atomic E-state index is 0.000352. The number of allylic oxidation sites excluding steroid dienone is 3. The highest BCUT2D eigenvalue weighted by molar-refractivity contribution is 6.00. The lowest BCUT2D eigenvalue weighted by Gasteiger charge is -2.09. The molecule has 0 aliphatic rings. The molecule has 4 aromatic rings. The van der Waals surface area contributed by atoms with Crippen molar-refractivity contribution < 1.29 is 4.79 Å². The number of fused-ring (bicyclic) bond motifs is 1. The van der Waals surface area contributed by atoms with E-state index in [1.807, 2.05) is 54.6 Å². The number of carbonyl (C=O) groups excluding carboxylic acids is 1. The van der Waals surface area contributed by atoms with Crippen LogP contribution in [0.15, 0.2) is 115 Å². The van der Waals surface area contributed by atoms with Crippen LogP contribution >= 0.6 is 0 Å². The fraction of sp³-hybridized carbons (Fsp3) is 0.133. The van der Waals surface area contributed by atoms with Crippen molar-refractivity contribution in [1.29, 1.82) is 0 Å². The Morgan fingerprint density at radius 1 is 0.788 bits per heavy atom. The van der Waals surface area contributed by atoms with Crippen LogP contribution in [-0.4, -0.2) is 10.9 Å². The van der Waals surface area contributed by atoms with Gasteiger partial charge in [0.1, 0.15) is 0 Å². The fourth-order valence-corrected chi connectivity index (χ4v) is 3.78. The molecule has 0 aliphatic heterocycles. The summed E-state index contributed by atoms with van der Waals surface area (Å²) in [6.45, 7) is 0. The minimum Gasteiger partial charge on any atom is -0.324 e. The maximum absolute atomic E-state index is 12.7. The standard InChI is InChI=1S/C30H28N2O/c33-29(32-28-19-9-17-27-18-10-22-31-30(27)28)21-20-26(23-25-14-5-2-6-15-25)16-8-7-13-24-11-3-1-4-12-24/h1-12,14-15,17-19,22-23H,13,16,20-21H2,(H,32,33)/b8-7?,26-23-. The molecule has 3 aromatic carbocycles. The lowest BCUT2D eigenvalue weighted by atomic mass is 10.0. The molecule has 33 heavy (non-hydrogen) atoms. The van der Waals surface area contributed by atoms with Crippen molar-refractivity contribution in [2.75, 3.05) is 5.32 Å². The fourth-order valence-electron chi connectivity index (χ4n) is 3.78. The van der Waals surface area contributed by atoms with Gasteiger partial charge in [0.25, 0.3) is 0 Å². The number of nitrogens with one attached hydrogen (secondary N) is 1. The van der Waals surface area contributed by atoms with E-state index in [2.05, 4.69) is 64.9 Å². The van der Waals surface area contributed by atoms with Gasteiger partial charge >= 0.3 is 0 Å². The molecule has 164 valence electrons. The summed E-state index contributed by atoms with van der Waals surface area (Å²) in [7, 11) is 0. The second kappa shape index (κ2) is 11.6. The zero-order valence-corrected chi connectivity index (χ0v) is 18.7. The van der Waals surface area contributed by atoms with Crippen molar-refractivity contribution >= 4 is 28.6 Å². The summed E-state index contributed by atoms with van der Waals surface area (Å²) in [5.41, 5.74) is 5.26. The summed E-state index contributed by atoms with van der Waals surface area (Å²) in [5.74, 6) is 0.000352. The number of benzene rings is 3. The topological polar surface area (TPSA) is 42.0 Å². The van der Waals surface area contributed by atoms with Crippen molar-refractivity contribution in [3.63, 3.8) is 0 Å². The molecule has 0 saturated carbocycles. The molecule has 0 unspecified atom stereocenters. The van der Waals surface area contributed by atoms with Crippen LogP contribution in [0.4, 0.5) is 5.69 Å². The predicted molar refractivity (Wildman–Crippen MR) is 138 cm³/mol. The number of pyridine rings is 1. The van der Waals surface area contributed by atoms with Crippen LogP contribution in [0.25, 0.3) is 17.0 Å². The minimum atomic E-state index is 0.000352. The molecule has 3 heteroatoms. The number of anilines is 1. The van der Waals surface area contributed by atoms with Crippen molar-refractivity contribution in [3.05, 3.63) is 126 Å². The van der Waals surface area contributed by atoms with E-state index in [0.29, 0.717) is 12.8 Å². The second-order valence-corrected chi connectivity index (χ2v) is 8.01. The quantitative estimate of drug-likeness (QED) is 0.284. The van der Waals surface area contributed by atoms with Gasteiger partial charge in [-0.15, -0.1) is 0 Å². The Bertz CT molecular complexity index is 1240. The van der Waals surface area contributed by atoms with E-state index in [0.717, 1.165) is 35.0 Å². The van der Waals surface area contributed by atoms with Crippen LogP contribution in [-0.2, 0) is 11.2 Å². The number of carbonyl (C=O) groups is 1. The predicted octanol–water partition coefficient (Wildman–Crippen LogP) is 7.23. The van der Waals surface area contributed by atoms with Gasteiger partial charge < -0.3 is 5.32 Å². The SMILES string of the molecule is O=C(CC/C(=C\c1ccccc1)CC=CCc1ccccc1)Nc1cccc2cccnc12. The lowest BCUT2D eigenvalue weighted by Crippen LogP contribution is -2.12. The smallest absolute Gasteiger partial charge is 0.224 e. The molecule has 0 saturated heterocycles. The van der Waals surface area contributed by atoms with Gasteiger partial charge in [-0.1, -0.05) is 103 Å². The van der Waals surface area contributed by atoms with Crippen molar-refractivity contribution in [2.24, 2.45) is 0 Å². The van der Waals surface area contributed by atoms with Gasteiger partial charge in [0.2, 0.25) is 5.91 Å². The summed E-state index contributed by atoms with van der Waals surface area (Å²) < 4.78 is 0. The van der Waals surface area contributed by atoms with Crippen LogP contribution < -0.4 is 5.32 Å². The molecule has 1 amide bonds. The molecule has 0 bridgehead atoms. The van der Waals surface area contributed by atoms with Crippen LogP contribution in [0.3, 0.4) is 0 Å². The first-order chi connectivity index (χ1) is 16.3. The second-order valence-electron chi connectivity index (χ2n) is 8.01. The first-order valence-electron chi connectivity index (χ1n) is 11.3. The average molecular weight is 433 g/mol. The molecule has 4 rings (SSSR count). The molecule has 0 radical (unpaired) electrons. The molecule has 0 aliphatic carbocycles. The summed E-state index contributed by atoms with van der Waals surface area (Å²) >= 11 is 0. The maximum atomic E-state index is 12.7. The van der Waals surface area contributed by atoms with Gasteiger partial charge in [-0.3, -0.25) is 9.78 Å². The highest BCUT2D eigenvalue weighted by atomic mass is 16.1. The molecule has 1 aromatic heterocycles. The van der Waals surface area contributed by atoms with Crippen molar-refractivity contribution in [3.8, 4) is 0 Å². The number of nitrogens with zero attached hydrogens (tertiary/aromatic N) is 1. The third-order valence-corrected chi connectivity index (χ3v) is 5.49. The Hall–Kier alpha value is -3.98. The molecular weight excluding hydrogens is 404 g/mol. The van der Waals surface area contributed by atoms with Crippen LogP contribution in [0, 0.1) is 0 Å². The van der Waals surface area contributed by atoms with Crippen molar-refractivity contribution in [2.45, 2.75) is 25.7 Å². The number of amides is 1. The molecular formula is C30H28N2O. The lowest BCUT2D eigenvalue weighted by molar-refractivity contribution is -0.116. The first-order valence-corrected chi connectivity index (χ1v) is 11.3. The number of aromatic nitrogens is 1. The zero-order valence-electron chi connectivity index (χ0n) is 18.7. The third-order valence-electron chi connectivity index (χ3n) is 5.49. The van der Waals surface area contributed by atoms with Gasteiger partial charge in [0.05, 0.1) is 11.2 Å². The Morgan fingerprint density at radius 2 is 1.55 bits per heavy atom. The Kier molecular flexibility index (Phi) is 7.80. The third kappa shape index (κ3) is 6.75. The summed E-state index contributed by atoms with van der Waals surface area (Å²) in [4.78, 5) is 17.2. The Labute approximate surface area is 195 Å². The van der Waals surface area contributed by atoms with Gasteiger partial charge in [-0.2, -0.15) is 0 Å². The molecule has 0 spiro atoms. The number of hydrogen-bond acceptors (Lipinski definition) is 2. The van der Waals surface area contributed by atoms with Crippen molar-refractivity contribution in [1.82, 2.24) is 4.98 Å². The van der Waals surface area contributed by atoms with Crippen LogP contribution in [0.1, 0.15) is 30.4 Å². The van der Waals surface area contributed by atoms with E-state index in [-0.39, 0.29) is 5.91 Å². The number of hydrogen-bond donors (Lipinski definition) is 1.